The van der Waals surface area contributed by atoms with Gasteiger partial charge in [0.05, 0.1) is 24.1 Å². The van der Waals surface area contributed by atoms with Crippen LogP contribution < -0.4 is 0 Å². The fourth-order valence-electron chi connectivity index (χ4n) is 2.11. The fraction of sp³-hybridized carbons (Fsp3) is 0.429. The van der Waals surface area contributed by atoms with Crippen molar-refractivity contribution in [2.75, 3.05) is 12.5 Å². The number of imidazole rings is 1. The summed E-state index contributed by atoms with van der Waals surface area (Å²) in [7, 11) is 0. The summed E-state index contributed by atoms with van der Waals surface area (Å²) in [6, 6.07) is 5.53. The van der Waals surface area contributed by atoms with Gasteiger partial charge >= 0.3 is 5.97 Å². The minimum absolute atomic E-state index is 0.215. The number of aryl methyl sites for hydroxylation is 2. The number of hydrogen-bond acceptors (Lipinski definition) is 3. The number of nitrogens with zero attached hydrogens (tertiary/aromatic N) is 2. The number of fused-ring (bicyclic) bond motifs is 1. The second-order valence-corrected chi connectivity index (χ2v) is 5.12. The van der Waals surface area contributed by atoms with Crippen LogP contribution in [-0.4, -0.2) is 28.0 Å². The number of ether oxygens (including phenoxy) is 1. The topological polar surface area (TPSA) is 44.1 Å². The lowest BCUT2D eigenvalue weighted by Gasteiger charge is -2.08. The molecule has 2 rings (SSSR count). The summed E-state index contributed by atoms with van der Waals surface area (Å²) in [6.07, 6.45) is 0.956. The molecule has 0 aliphatic heterocycles. The first-order valence-electron chi connectivity index (χ1n) is 6.52. The van der Waals surface area contributed by atoms with Gasteiger partial charge in [0.25, 0.3) is 0 Å². The Morgan fingerprint density at radius 1 is 1.45 bits per heavy atom. The molecule has 0 saturated heterocycles. The monoisotopic (exact) mass is 314 g/mol. The van der Waals surface area contributed by atoms with Gasteiger partial charge in [-0.2, -0.15) is 0 Å². The van der Waals surface area contributed by atoms with Gasteiger partial charge in [-0.1, -0.05) is 11.6 Å². The Bertz CT molecular complexity index is 610. The van der Waals surface area contributed by atoms with Crippen LogP contribution in [0.4, 0.5) is 0 Å². The zero-order chi connectivity index (χ0) is 14.5. The SMILES string of the molecule is CCOC(=O)CCn1c(CCCl)nc2ccc(Cl)cc21. The zero-order valence-corrected chi connectivity index (χ0v) is 12.7. The third kappa shape index (κ3) is 3.44. The van der Waals surface area contributed by atoms with E-state index in [0.29, 0.717) is 36.9 Å². The van der Waals surface area contributed by atoms with E-state index in [1.54, 1.807) is 13.0 Å². The maximum absolute atomic E-state index is 11.5. The smallest absolute Gasteiger partial charge is 0.307 e. The predicted octanol–water partition coefficient (Wildman–Crippen LogP) is 3.42. The highest BCUT2D eigenvalue weighted by molar-refractivity contribution is 6.31. The van der Waals surface area contributed by atoms with E-state index in [-0.39, 0.29) is 5.97 Å². The van der Waals surface area contributed by atoms with Gasteiger partial charge in [-0.3, -0.25) is 4.79 Å². The van der Waals surface area contributed by atoms with Crippen molar-refractivity contribution in [1.29, 1.82) is 0 Å². The number of carbonyl (C=O) groups excluding carboxylic acids is 1. The van der Waals surface area contributed by atoms with E-state index in [9.17, 15) is 4.79 Å². The molecule has 0 bridgehead atoms. The van der Waals surface area contributed by atoms with Crippen LogP contribution in [0.3, 0.4) is 0 Å². The molecule has 1 aromatic carbocycles. The minimum atomic E-state index is -0.215. The van der Waals surface area contributed by atoms with E-state index < -0.39 is 0 Å². The van der Waals surface area contributed by atoms with Gasteiger partial charge in [0, 0.05) is 23.9 Å². The number of carbonyl (C=O) groups is 1. The van der Waals surface area contributed by atoms with Gasteiger partial charge in [-0.05, 0) is 25.1 Å². The summed E-state index contributed by atoms with van der Waals surface area (Å²) >= 11 is 11.8. The number of hydrogen-bond donors (Lipinski definition) is 0. The van der Waals surface area contributed by atoms with Crippen LogP contribution in [0.25, 0.3) is 11.0 Å². The number of benzene rings is 1. The molecule has 0 saturated carbocycles. The van der Waals surface area contributed by atoms with E-state index in [0.717, 1.165) is 16.9 Å². The largest absolute Gasteiger partial charge is 0.466 e. The molecule has 20 heavy (non-hydrogen) atoms. The third-order valence-electron chi connectivity index (χ3n) is 2.95. The standard InChI is InChI=1S/C14H16Cl2N2O2/c1-2-20-14(19)6-8-18-12-9-10(16)3-4-11(12)17-13(18)5-7-15/h3-4,9H,2,5-8H2,1H3. The lowest BCUT2D eigenvalue weighted by atomic mass is 10.3. The van der Waals surface area contributed by atoms with E-state index >= 15 is 0 Å². The molecule has 0 aliphatic carbocycles. The van der Waals surface area contributed by atoms with Crippen LogP contribution >= 0.6 is 23.2 Å². The summed E-state index contributed by atoms with van der Waals surface area (Å²) in [5.41, 5.74) is 1.78. The second-order valence-electron chi connectivity index (χ2n) is 4.31. The molecule has 108 valence electrons. The average molecular weight is 315 g/mol. The number of aromatic nitrogens is 2. The highest BCUT2D eigenvalue weighted by atomic mass is 35.5. The summed E-state index contributed by atoms with van der Waals surface area (Å²) in [6.45, 7) is 2.70. The second kappa shape index (κ2) is 6.95. The molecule has 0 radical (unpaired) electrons. The Hall–Kier alpha value is -1.26. The van der Waals surface area contributed by atoms with Crippen molar-refractivity contribution in [2.45, 2.75) is 26.3 Å². The Kier molecular flexibility index (Phi) is 5.26. The molecule has 0 atom stereocenters. The Morgan fingerprint density at radius 3 is 2.95 bits per heavy atom. The van der Waals surface area contributed by atoms with E-state index in [1.807, 2.05) is 16.7 Å². The van der Waals surface area contributed by atoms with Crippen molar-refractivity contribution >= 4 is 40.2 Å². The number of esters is 1. The van der Waals surface area contributed by atoms with E-state index in [2.05, 4.69) is 4.98 Å². The Balaban J connectivity index is 2.30. The molecule has 0 fully saturated rings. The Morgan fingerprint density at radius 2 is 2.25 bits per heavy atom. The van der Waals surface area contributed by atoms with Crippen LogP contribution in [0, 0.1) is 0 Å². The predicted molar refractivity (Wildman–Crippen MR) is 80.4 cm³/mol. The maximum atomic E-state index is 11.5. The molecule has 0 amide bonds. The van der Waals surface area contributed by atoms with Gasteiger partial charge in [0.15, 0.2) is 0 Å². The first-order valence-corrected chi connectivity index (χ1v) is 7.43. The highest BCUT2D eigenvalue weighted by Gasteiger charge is 2.12. The lowest BCUT2D eigenvalue weighted by molar-refractivity contribution is -0.143. The van der Waals surface area contributed by atoms with Crippen molar-refractivity contribution in [3.05, 3.63) is 29.0 Å². The van der Waals surface area contributed by atoms with Crippen LogP contribution in [0.15, 0.2) is 18.2 Å². The molecular formula is C14H16Cl2N2O2. The van der Waals surface area contributed by atoms with Crippen LogP contribution in [0.2, 0.25) is 5.02 Å². The fourth-order valence-corrected chi connectivity index (χ4v) is 2.44. The van der Waals surface area contributed by atoms with E-state index in [4.69, 9.17) is 27.9 Å². The minimum Gasteiger partial charge on any atom is -0.466 e. The number of rotatable bonds is 6. The summed E-state index contributed by atoms with van der Waals surface area (Å²) in [5, 5.41) is 0.646. The average Bonchev–Trinajstić information content (AvgIpc) is 2.74. The van der Waals surface area contributed by atoms with Crippen molar-refractivity contribution in [1.82, 2.24) is 9.55 Å². The summed E-state index contributed by atoms with van der Waals surface area (Å²) < 4.78 is 6.94. The summed E-state index contributed by atoms with van der Waals surface area (Å²) in [5.74, 6) is 1.13. The van der Waals surface area contributed by atoms with Gasteiger partial charge in [0.1, 0.15) is 5.82 Å². The molecule has 0 unspecified atom stereocenters. The van der Waals surface area contributed by atoms with Gasteiger partial charge in [-0.25, -0.2) is 4.98 Å². The van der Waals surface area contributed by atoms with Gasteiger partial charge in [-0.15, -0.1) is 11.6 Å². The first kappa shape index (κ1) is 15.1. The molecule has 2 aromatic rings. The van der Waals surface area contributed by atoms with Crippen LogP contribution in [-0.2, 0) is 22.5 Å². The molecule has 1 aromatic heterocycles. The highest BCUT2D eigenvalue weighted by Crippen LogP contribution is 2.21. The van der Waals surface area contributed by atoms with Gasteiger partial charge in [0.2, 0.25) is 0 Å². The molecule has 0 spiro atoms. The molecule has 4 nitrogen and oxygen atoms in total. The quantitative estimate of drug-likeness (QED) is 0.606. The molecule has 0 N–H and O–H groups in total. The Labute approximate surface area is 127 Å². The zero-order valence-electron chi connectivity index (χ0n) is 11.2. The van der Waals surface area contributed by atoms with Crippen molar-refractivity contribution in [3.8, 4) is 0 Å². The molecule has 0 aliphatic rings. The van der Waals surface area contributed by atoms with Crippen molar-refractivity contribution < 1.29 is 9.53 Å². The van der Waals surface area contributed by atoms with Crippen LogP contribution in [0.5, 0.6) is 0 Å². The molecular weight excluding hydrogens is 299 g/mol. The van der Waals surface area contributed by atoms with Crippen molar-refractivity contribution in [3.63, 3.8) is 0 Å². The normalized spacial score (nSPS) is 10.9. The maximum Gasteiger partial charge on any atom is 0.307 e. The first-order chi connectivity index (χ1) is 9.65. The number of alkyl halides is 1. The van der Waals surface area contributed by atoms with Crippen molar-refractivity contribution in [2.24, 2.45) is 0 Å². The number of halogens is 2. The summed E-state index contributed by atoms with van der Waals surface area (Å²) in [4.78, 5) is 16.0. The van der Waals surface area contributed by atoms with E-state index in [1.165, 1.54) is 0 Å². The van der Waals surface area contributed by atoms with Crippen LogP contribution in [0.1, 0.15) is 19.2 Å². The molecule has 1 heterocycles. The third-order valence-corrected chi connectivity index (χ3v) is 3.38. The van der Waals surface area contributed by atoms with Gasteiger partial charge < -0.3 is 9.30 Å². The lowest BCUT2D eigenvalue weighted by Crippen LogP contribution is -2.11. The molecule has 6 heteroatoms.